The van der Waals surface area contributed by atoms with Crippen molar-refractivity contribution in [1.82, 2.24) is 4.90 Å². The lowest BCUT2D eigenvalue weighted by atomic mass is 9.87. The van der Waals surface area contributed by atoms with Crippen molar-refractivity contribution in [2.24, 2.45) is 0 Å². The molecule has 2 bridgehead atoms. The fraction of sp³-hybridized carbons (Fsp3) is 0.462. The third kappa shape index (κ3) is 1.28. The van der Waals surface area contributed by atoms with Crippen molar-refractivity contribution in [3.8, 4) is 0 Å². The van der Waals surface area contributed by atoms with Crippen molar-refractivity contribution in [1.29, 1.82) is 0 Å². The van der Waals surface area contributed by atoms with Crippen molar-refractivity contribution in [3.63, 3.8) is 0 Å². The number of nitrogens with zero attached hydrogens (tertiary/aromatic N) is 2. The third-order valence-corrected chi connectivity index (χ3v) is 3.85. The number of aryl methyl sites for hydroxylation is 1. The number of amides is 1. The number of likely N-dealkylation sites (N-methyl/N-ethyl adjacent to an activating group) is 1. The van der Waals surface area contributed by atoms with E-state index < -0.39 is 0 Å². The van der Waals surface area contributed by atoms with E-state index in [9.17, 15) is 4.79 Å². The van der Waals surface area contributed by atoms with E-state index in [1.165, 1.54) is 5.56 Å². The number of piperazine rings is 1. The number of fused-ring (bicyclic) bond motifs is 2. The van der Waals surface area contributed by atoms with E-state index in [1.807, 2.05) is 24.1 Å². The zero-order valence-electron chi connectivity index (χ0n) is 9.68. The summed E-state index contributed by atoms with van der Waals surface area (Å²) < 4.78 is 0. The SMILES string of the molecule is Cc1ccc(N2CC3CC(C2=O)N3C)cc1. The number of rotatable bonds is 1. The molecular weight excluding hydrogens is 200 g/mol. The van der Waals surface area contributed by atoms with E-state index in [-0.39, 0.29) is 11.9 Å². The third-order valence-electron chi connectivity index (χ3n) is 3.85. The minimum Gasteiger partial charge on any atom is -0.309 e. The molecule has 2 atom stereocenters. The predicted molar refractivity (Wildman–Crippen MR) is 63.5 cm³/mol. The maximum absolute atomic E-state index is 12.1. The van der Waals surface area contributed by atoms with Gasteiger partial charge in [-0.25, -0.2) is 0 Å². The average molecular weight is 216 g/mol. The Labute approximate surface area is 95.7 Å². The van der Waals surface area contributed by atoms with Crippen molar-refractivity contribution in [3.05, 3.63) is 29.8 Å². The molecule has 3 saturated heterocycles. The fourth-order valence-electron chi connectivity index (χ4n) is 2.62. The maximum Gasteiger partial charge on any atom is 0.244 e. The Kier molecular flexibility index (Phi) is 2.04. The van der Waals surface area contributed by atoms with Crippen LogP contribution in [0.4, 0.5) is 5.69 Å². The summed E-state index contributed by atoms with van der Waals surface area (Å²) >= 11 is 0. The van der Waals surface area contributed by atoms with E-state index in [4.69, 9.17) is 0 Å². The summed E-state index contributed by atoms with van der Waals surface area (Å²) in [5.74, 6) is 0.258. The lowest BCUT2D eigenvalue weighted by Crippen LogP contribution is -2.70. The summed E-state index contributed by atoms with van der Waals surface area (Å²) in [4.78, 5) is 16.3. The molecule has 0 spiro atoms. The van der Waals surface area contributed by atoms with E-state index in [0.29, 0.717) is 6.04 Å². The maximum atomic E-state index is 12.1. The standard InChI is InChI=1S/C13H16N2O/c1-9-3-5-10(6-4-9)15-8-11-7-12(13(15)16)14(11)2/h3-6,11-12H,7-8H2,1-2H3. The van der Waals surface area contributed by atoms with Crippen LogP contribution in [-0.2, 0) is 4.79 Å². The second-order valence-electron chi connectivity index (χ2n) is 4.86. The molecule has 4 rings (SSSR count). The molecule has 3 heteroatoms. The largest absolute Gasteiger partial charge is 0.309 e. The van der Waals surface area contributed by atoms with Gasteiger partial charge in [0.15, 0.2) is 0 Å². The van der Waals surface area contributed by atoms with Gasteiger partial charge >= 0.3 is 0 Å². The Morgan fingerprint density at radius 3 is 2.50 bits per heavy atom. The molecule has 3 aliphatic heterocycles. The Morgan fingerprint density at radius 2 is 1.94 bits per heavy atom. The topological polar surface area (TPSA) is 23.6 Å². The molecule has 0 saturated carbocycles. The van der Waals surface area contributed by atoms with Gasteiger partial charge in [0, 0.05) is 18.3 Å². The number of carbonyl (C=O) groups is 1. The highest BCUT2D eigenvalue weighted by atomic mass is 16.2. The van der Waals surface area contributed by atoms with Crippen LogP contribution in [-0.4, -0.2) is 36.5 Å². The average Bonchev–Trinajstić information content (AvgIpc) is 2.29. The van der Waals surface area contributed by atoms with Gasteiger partial charge in [-0.2, -0.15) is 0 Å². The van der Waals surface area contributed by atoms with Gasteiger partial charge in [-0.1, -0.05) is 17.7 Å². The normalized spacial score (nSPS) is 29.1. The molecule has 3 aliphatic rings. The molecule has 0 radical (unpaired) electrons. The highest BCUT2D eigenvalue weighted by Crippen LogP contribution is 2.33. The van der Waals surface area contributed by atoms with Gasteiger partial charge in [0.25, 0.3) is 0 Å². The predicted octanol–water partition coefficient (Wildman–Crippen LogP) is 1.41. The molecule has 0 aliphatic carbocycles. The van der Waals surface area contributed by atoms with Crippen LogP contribution in [0.1, 0.15) is 12.0 Å². The second kappa shape index (κ2) is 3.32. The summed E-state index contributed by atoms with van der Waals surface area (Å²) in [6.07, 6.45) is 1.04. The van der Waals surface area contributed by atoms with Gasteiger partial charge in [-0.3, -0.25) is 9.69 Å². The highest BCUT2D eigenvalue weighted by Gasteiger charge is 2.48. The van der Waals surface area contributed by atoms with Crippen molar-refractivity contribution in [2.45, 2.75) is 25.4 Å². The molecule has 1 aromatic rings. The van der Waals surface area contributed by atoms with E-state index in [0.717, 1.165) is 18.7 Å². The lowest BCUT2D eigenvalue weighted by molar-refractivity contribution is -0.135. The van der Waals surface area contributed by atoms with Crippen LogP contribution in [0.5, 0.6) is 0 Å². The van der Waals surface area contributed by atoms with Crippen molar-refractivity contribution in [2.75, 3.05) is 18.5 Å². The quantitative estimate of drug-likeness (QED) is 0.708. The van der Waals surface area contributed by atoms with Crippen LogP contribution < -0.4 is 4.90 Å². The molecular formula is C13H16N2O. The monoisotopic (exact) mass is 216 g/mol. The molecule has 3 fully saturated rings. The molecule has 3 heterocycles. The molecule has 16 heavy (non-hydrogen) atoms. The van der Waals surface area contributed by atoms with Crippen LogP contribution in [0, 0.1) is 6.92 Å². The number of carbonyl (C=O) groups excluding carboxylic acids is 1. The Balaban J connectivity index is 1.86. The van der Waals surface area contributed by atoms with E-state index >= 15 is 0 Å². The zero-order chi connectivity index (χ0) is 11.3. The van der Waals surface area contributed by atoms with Crippen molar-refractivity contribution < 1.29 is 4.79 Å². The first kappa shape index (κ1) is 9.85. The summed E-state index contributed by atoms with van der Waals surface area (Å²) in [6.45, 7) is 2.90. The lowest BCUT2D eigenvalue weighted by Gasteiger charge is -2.53. The van der Waals surface area contributed by atoms with Crippen LogP contribution in [0.3, 0.4) is 0 Å². The highest BCUT2D eigenvalue weighted by molar-refractivity contribution is 5.99. The molecule has 0 N–H and O–H groups in total. The minimum absolute atomic E-state index is 0.125. The number of hydrogen-bond acceptors (Lipinski definition) is 2. The van der Waals surface area contributed by atoms with Crippen molar-refractivity contribution >= 4 is 11.6 Å². The van der Waals surface area contributed by atoms with Crippen LogP contribution >= 0.6 is 0 Å². The first-order valence-corrected chi connectivity index (χ1v) is 5.77. The molecule has 3 nitrogen and oxygen atoms in total. The Hall–Kier alpha value is -1.35. The van der Waals surface area contributed by atoms with Gasteiger partial charge in [0.2, 0.25) is 5.91 Å². The minimum atomic E-state index is 0.125. The Bertz CT molecular complexity index is 426. The van der Waals surface area contributed by atoms with Gasteiger partial charge < -0.3 is 4.90 Å². The van der Waals surface area contributed by atoms with Gasteiger partial charge in [-0.05, 0) is 32.5 Å². The number of piperidine rings is 1. The summed E-state index contributed by atoms with van der Waals surface area (Å²) in [7, 11) is 2.04. The van der Waals surface area contributed by atoms with Gasteiger partial charge in [0.05, 0.1) is 6.04 Å². The number of hydrogen-bond donors (Lipinski definition) is 0. The summed E-state index contributed by atoms with van der Waals surface area (Å²) in [6, 6.07) is 8.89. The van der Waals surface area contributed by atoms with E-state index in [2.05, 4.69) is 24.0 Å². The molecule has 84 valence electrons. The molecule has 2 unspecified atom stereocenters. The smallest absolute Gasteiger partial charge is 0.244 e. The van der Waals surface area contributed by atoms with Gasteiger partial charge in [-0.15, -0.1) is 0 Å². The number of benzene rings is 1. The van der Waals surface area contributed by atoms with E-state index in [1.54, 1.807) is 0 Å². The summed E-state index contributed by atoms with van der Waals surface area (Å²) in [5.41, 5.74) is 2.27. The summed E-state index contributed by atoms with van der Waals surface area (Å²) in [5, 5.41) is 0. The van der Waals surface area contributed by atoms with Crippen LogP contribution in [0.2, 0.25) is 0 Å². The van der Waals surface area contributed by atoms with Crippen LogP contribution in [0.25, 0.3) is 0 Å². The first-order valence-electron chi connectivity index (χ1n) is 5.77. The molecule has 1 amide bonds. The van der Waals surface area contributed by atoms with Gasteiger partial charge in [0.1, 0.15) is 0 Å². The zero-order valence-corrected chi connectivity index (χ0v) is 9.68. The van der Waals surface area contributed by atoms with Crippen LogP contribution in [0.15, 0.2) is 24.3 Å². The molecule has 1 aromatic carbocycles. The second-order valence-corrected chi connectivity index (χ2v) is 4.86. The Morgan fingerprint density at radius 1 is 1.25 bits per heavy atom. The first-order chi connectivity index (χ1) is 7.66. The fourth-order valence-corrected chi connectivity index (χ4v) is 2.62. The number of anilines is 1. The molecule has 0 aromatic heterocycles.